The SMILES string of the molecule is CCCCCCCCCCCCc1ccc(C(=O)O)cc1[O-].[K+]. The molecule has 0 amide bonds. The number of aryl methyl sites for hydroxylation is 1. The molecule has 0 saturated carbocycles. The van der Waals surface area contributed by atoms with E-state index in [-0.39, 0.29) is 62.7 Å². The van der Waals surface area contributed by atoms with Crippen LogP contribution < -0.4 is 56.5 Å². The Balaban J connectivity index is 0.00000484. The first-order valence-electron chi connectivity index (χ1n) is 8.68. The Morgan fingerprint density at radius 2 is 1.48 bits per heavy atom. The molecule has 0 spiro atoms. The standard InChI is InChI=1S/C19H30O3.K/c1-2-3-4-5-6-7-8-9-10-11-12-16-13-14-17(19(21)22)15-18(16)20;/h13-15,20H,2-12H2,1H3,(H,21,22);/q;+1/p-1. The summed E-state index contributed by atoms with van der Waals surface area (Å²) in [5.41, 5.74) is 0.821. The minimum absolute atomic E-state index is 0. The summed E-state index contributed by atoms with van der Waals surface area (Å²) in [5, 5.41) is 20.6. The molecule has 3 nitrogen and oxygen atoms in total. The van der Waals surface area contributed by atoms with Crippen LogP contribution in [0.4, 0.5) is 0 Å². The second-order valence-electron chi connectivity index (χ2n) is 6.06. The number of carboxylic acid groups (broad SMARTS) is 1. The second-order valence-corrected chi connectivity index (χ2v) is 6.06. The van der Waals surface area contributed by atoms with Crippen molar-refractivity contribution >= 4 is 5.97 Å². The predicted octanol–water partition coefficient (Wildman–Crippen LogP) is 1.93. The topological polar surface area (TPSA) is 60.4 Å². The Morgan fingerprint density at radius 1 is 0.957 bits per heavy atom. The molecule has 1 aromatic carbocycles. The predicted molar refractivity (Wildman–Crippen MR) is 88.4 cm³/mol. The summed E-state index contributed by atoms with van der Waals surface area (Å²) in [6, 6.07) is 4.42. The largest absolute Gasteiger partial charge is 1.00 e. The maximum atomic E-state index is 11.8. The van der Waals surface area contributed by atoms with Crippen LogP contribution in [-0.4, -0.2) is 11.1 Å². The summed E-state index contributed by atoms with van der Waals surface area (Å²) in [4.78, 5) is 10.8. The van der Waals surface area contributed by atoms with E-state index in [1.54, 1.807) is 6.07 Å². The van der Waals surface area contributed by atoms with Gasteiger partial charge in [0.2, 0.25) is 0 Å². The van der Waals surface area contributed by atoms with E-state index < -0.39 is 5.97 Å². The maximum Gasteiger partial charge on any atom is 1.00 e. The molecule has 23 heavy (non-hydrogen) atoms. The van der Waals surface area contributed by atoms with Crippen molar-refractivity contribution in [3.63, 3.8) is 0 Å². The van der Waals surface area contributed by atoms with Crippen LogP contribution in [0.3, 0.4) is 0 Å². The minimum atomic E-state index is -1.04. The molecule has 1 N–H and O–H groups in total. The van der Waals surface area contributed by atoms with Gasteiger partial charge in [-0.1, -0.05) is 82.4 Å². The normalized spacial score (nSPS) is 10.3. The van der Waals surface area contributed by atoms with Crippen molar-refractivity contribution in [1.29, 1.82) is 0 Å². The number of hydrogen-bond acceptors (Lipinski definition) is 2. The smallest absolute Gasteiger partial charge is 0.872 e. The molecule has 0 fully saturated rings. The average Bonchev–Trinajstić information content (AvgIpc) is 2.50. The summed E-state index contributed by atoms with van der Waals surface area (Å²) < 4.78 is 0. The average molecular weight is 345 g/mol. The molecular weight excluding hydrogens is 315 g/mol. The number of carboxylic acids is 1. The first kappa shape index (κ1) is 23.1. The van der Waals surface area contributed by atoms with Gasteiger partial charge in [0.05, 0.1) is 5.56 Å². The molecule has 0 aliphatic carbocycles. The number of hydrogen-bond donors (Lipinski definition) is 1. The van der Waals surface area contributed by atoms with Crippen LogP contribution in [0.5, 0.6) is 5.75 Å². The monoisotopic (exact) mass is 344 g/mol. The van der Waals surface area contributed by atoms with Crippen LogP contribution in [0.1, 0.15) is 87.1 Å². The van der Waals surface area contributed by atoms with Crippen LogP contribution in [0.2, 0.25) is 0 Å². The van der Waals surface area contributed by atoms with Crippen molar-refractivity contribution in [2.75, 3.05) is 0 Å². The quantitative estimate of drug-likeness (QED) is 0.465. The summed E-state index contributed by atoms with van der Waals surface area (Å²) in [6.45, 7) is 2.24. The number of benzene rings is 1. The van der Waals surface area contributed by atoms with Gasteiger partial charge in [-0.15, -0.1) is 5.75 Å². The first-order chi connectivity index (χ1) is 10.6. The molecule has 0 atom stereocenters. The summed E-state index contributed by atoms with van der Waals surface area (Å²) in [7, 11) is 0. The van der Waals surface area contributed by atoms with Crippen LogP contribution in [0.25, 0.3) is 0 Å². The zero-order chi connectivity index (χ0) is 16.2. The van der Waals surface area contributed by atoms with Crippen LogP contribution in [-0.2, 0) is 6.42 Å². The van der Waals surface area contributed by atoms with Gasteiger partial charge in [0, 0.05) is 0 Å². The van der Waals surface area contributed by atoms with Gasteiger partial charge in [-0.05, 0) is 18.9 Å². The Labute approximate surface area is 183 Å². The molecule has 124 valence electrons. The fourth-order valence-corrected chi connectivity index (χ4v) is 2.70. The van der Waals surface area contributed by atoms with Crippen molar-refractivity contribution < 1.29 is 66.4 Å². The van der Waals surface area contributed by atoms with Gasteiger partial charge < -0.3 is 10.2 Å². The molecular formula is C19H29KO3. The van der Waals surface area contributed by atoms with Gasteiger partial charge in [-0.3, -0.25) is 0 Å². The van der Waals surface area contributed by atoms with E-state index >= 15 is 0 Å². The third-order valence-electron chi connectivity index (χ3n) is 4.11. The number of carbonyl (C=O) groups is 1. The number of rotatable bonds is 12. The van der Waals surface area contributed by atoms with Gasteiger partial charge >= 0.3 is 57.4 Å². The first-order valence-corrected chi connectivity index (χ1v) is 8.68. The zero-order valence-electron chi connectivity index (χ0n) is 14.8. The van der Waals surface area contributed by atoms with Crippen molar-refractivity contribution in [2.45, 2.75) is 77.6 Å². The fraction of sp³-hybridized carbons (Fsp3) is 0.632. The van der Waals surface area contributed by atoms with Crippen LogP contribution >= 0.6 is 0 Å². The Hall–Kier alpha value is 0.126. The Bertz CT molecular complexity index is 446. The van der Waals surface area contributed by atoms with Crippen molar-refractivity contribution in [3.8, 4) is 5.75 Å². The molecule has 0 aliphatic heterocycles. The van der Waals surface area contributed by atoms with E-state index in [4.69, 9.17) is 5.11 Å². The minimum Gasteiger partial charge on any atom is -0.872 e. The van der Waals surface area contributed by atoms with Crippen molar-refractivity contribution in [3.05, 3.63) is 29.3 Å². The molecule has 0 aromatic heterocycles. The molecule has 0 unspecified atom stereocenters. The molecule has 0 radical (unpaired) electrons. The van der Waals surface area contributed by atoms with E-state index in [0.717, 1.165) is 24.8 Å². The molecule has 1 rings (SSSR count). The van der Waals surface area contributed by atoms with E-state index in [1.165, 1.54) is 63.5 Å². The van der Waals surface area contributed by atoms with Crippen molar-refractivity contribution in [1.82, 2.24) is 0 Å². The molecule has 0 bridgehead atoms. The van der Waals surface area contributed by atoms with Gasteiger partial charge in [0.1, 0.15) is 0 Å². The summed E-state index contributed by atoms with van der Waals surface area (Å²) in [6.07, 6.45) is 13.5. The van der Waals surface area contributed by atoms with E-state index in [0.29, 0.717) is 0 Å². The molecule has 0 saturated heterocycles. The molecule has 4 heteroatoms. The Morgan fingerprint density at radius 3 is 1.96 bits per heavy atom. The second kappa shape index (κ2) is 14.5. The summed E-state index contributed by atoms with van der Waals surface area (Å²) >= 11 is 0. The number of aromatic carboxylic acids is 1. The molecule has 1 aromatic rings. The third-order valence-corrected chi connectivity index (χ3v) is 4.11. The summed E-state index contributed by atoms with van der Waals surface area (Å²) in [5.74, 6) is -1.18. The Kier molecular flexibility index (Phi) is 14.5. The number of unbranched alkanes of at least 4 members (excludes halogenated alkanes) is 9. The third kappa shape index (κ3) is 10.6. The van der Waals surface area contributed by atoms with Crippen LogP contribution in [0, 0.1) is 0 Å². The molecule has 0 heterocycles. The van der Waals surface area contributed by atoms with Gasteiger partial charge in [0.15, 0.2) is 0 Å². The fourth-order valence-electron chi connectivity index (χ4n) is 2.70. The van der Waals surface area contributed by atoms with Gasteiger partial charge in [-0.25, -0.2) is 4.79 Å². The molecule has 0 aliphatic rings. The van der Waals surface area contributed by atoms with Crippen molar-refractivity contribution in [2.24, 2.45) is 0 Å². The van der Waals surface area contributed by atoms with E-state index in [1.807, 2.05) is 0 Å². The maximum absolute atomic E-state index is 11.8. The van der Waals surface area contributed by atoms with Gasteiger partial charge in [-0.2, -0.15) is 0 Å². The van der Waals surface area contributed by atoms with Crippen LogP contribution in [0.15, 0.2) is 18.2 Å². The van der Waals surface area contributed by atoms with E-state index in [9.17, 15) is 9.90 Å². The van der Waals surface area contributed by atoms with E-state index in [2.05, 4.69) is 6.92 Å². The zero-order valence-corrected chi connectivity index (χ0v) is 17.9. The van der Waals surface area contributed by atoms with Gasteiger partial charge in [0.25, 0.3) is 0 Å².